The van der Waals surface area contributed by atoms with Crippen molar-refractivity contribution in [2.24, 2.45) is 0 Å². The minimum Gasteiger partial charge on any atom is -0.481 e. The van der Waals surface area contributed by atoms with Gasteiger partial charge < -0.3 is 19.4 Å². The summed E-state index contributed by atoms with van der Waals surface area (Å²) in [4.78, 5) is 8.36. The average molecular weight is 274 g/mol. The van der Waals surface area contributed by atoms with Crippen molar-refractivity contribution in [2.75, 3.05) is 26.8 Å². The quantitative estimate of drug-likeness (QED) is 0.901. The van der Waals surface area contributed by atoms with Crippen LogP contribution in [0.4, 0.5) is 0 Å². The highest BCUT2D eigenvalue weighted by Crippen LogP contribution is 2.20. The third-order valence-corrected chi connectivity index (χ3v) is 3.36. The van der Waals surface area contributed by atoms with E-state index in [-0.39, 0.29) is 6.10 Å². The molecule has 3 heterocycles. The van der Waals surface area contributed by atoms with Crippen LogP contribution < -0.4 is 10.1 Å². The molecule has 1 N–H and O–H groups in total. The molecule has 106 valence electrons. The van der Waals surface area contributed by atoms with Crippen molar-refractivity contribution in [3.8, 4) is 5.88 Å². The van der Waals surface area contributed by atoms with Crippen LogP contribution in [0.3, 0.4) is 0 Å². The van der Waals surface area contributed by atoms with E-state index in [0.29, 0.717) is 5.88 Å². The van der Waals surface area contributed by atoms with E-state index in [0.717, 1.165) is 37.5 Å². The predicted molar refractivity (Wildman–Crippen MR) is 73.7 cm³/mol. The van der Waals surface area contributed by atoms with Crippen LogP contribution in [0.25, 0.3) is 0 Å². The van der Waals surface area contributed by atoms with Gasteiger partial charge in [-0.05, 0) is 11.6 Å². The molecule has 1 fully saturated rings. The second kappa shape index (κ2) is 6.02. The van der Waals surface area contributed by atoms with Gasteiger partial charge in [0.1, 0.15) is 6.10 Å². The number of hydrogen-bond donors (Lipinski definition) is 1. The highest BCUT2D eigenvalue weighted by molar-refractivity contribution is 5.21. The Labute approximate surface area is 117 Å². The zero-order valence-electron chi connectivity index (χ0n) is 11.5. The maximum Gasteiger partial charge on any atom is 0.213 e. The number of methoxy groups -OCH3 is 1. The number of ether oxygens (including phenoxy) is 2. The fourth-order valence-corrected chi connectivity index (χ4v) is 2.34. The standard InChI is InChI=1S/C14H18N4O2/c1-19-14-6-11(2-3-17-14)9-18-10-16-7-12(18)13-8-15-4-5-20-13/h2-3,6-7,10,13,15H,4-5,8-9H2,1H3. The van der Waals surface area contributed by atoms with Crippen LogP contribution >= 0.6 is 0 Å². The van der Waals surface area contributed by atoms with Crippen molar-refractivity contribution in [3.05, 3.63) is 42.1 Å². The molecule has 3 rings (SSSR count). The summed E-state index contributed by atoms with van der Waals surface area (Å²) in [5, 5.41) is 3.34. The van der Waals surface area contributed by atoms with E-state index in [1.807, 2.05) is 24.7 Å². The summed E-state index contributed by atoms with van der Waals surface area (Å²) in [5.41, 5.74) is 2.22. The normalized spacial score (nSPS) is 18.9. The fraction of sp³-hybridized carbons (Fsp3) is 0.429. The third-order valence-electron chi connectivity index (χ3n) is 3.36. The smallest absolute Gasteiger partial charge is 0.213 e. The lowest BCUT2D eigenvalue weighted by molar-refractivity contribution is 0.0230. The molecule has 0 aromatic carbocycles. The zero-order valence-corrected chi connectivity index (χ0v) is 11.5. The van der Waals surface area contributed by atoms with E-state index in [9.17, 15) is 0 Å². The Morgan fingerprint density at radius 3 is 3.30 bits per heavy atom. The van der Waals surface area contributed by atoms with Gasteiger partial charge in [0.05, 0.1) is 31.9 Å². The summed E-state index contributed by atoms with van der Waals surface area (Å²) >= 11 is 0. The Kier molecular flexibility index (Phi) is 3.94. The number of hydrogen-bond acceptors (Lipinski definition) is 5. The molecule has 1 saturated heterocycles. The molecule has 2 aromatic heterocycles. The number of imidazole rings is 1. The molecule has 0 saturated carbocycles. The molecule has 1 unspecified atom stereocenters. The molecule has 0 radical (unpaired) electrons. The summed E-state index contributed by atoms with van der Waals surface area (Å²) in [6, 6.07) is 3.91. The molecule has 0 aliphatic carbocycles. The van der Waals surface area contributed by atoms with Crippen LogP contribution in [0.15, 0.2) is 30.9 Å². The van der Waals surface area contributed by atoms with E-state index < -0.39 is 0 Å². The van der Waals surface area contributed by atoms with Crippen LogP contribution in [-0.4, -0.2) is 41.3 Å². The monoisotopic (exact) mass is 274 g/mol. The molecule has 6 nitrogen and oxygen atoms in total. The van der Waals surface area contributed by atoms with Crippen molar-refractivity contribution in [3.63, 3.8) is 0 Å². The SMILES string of the molecule is COc1cc(Cn2cncc2C2CNCCO2)ccn1. The Balaban J connectivity index is 1.78. The lowest BCUT2D eigenvalue weighted by Gasteiger charge is -2.24. The second-order valence-electron chi connectivity index (χ2n) is 4.72. The van der Waals surface area contributed by atoms with Crippen molar-refractivity contribution in [2.45, 2.75) is 12.6 Å². The first-order valence-electron chi connectivity index (χ1n) is 6.68. The largest absolute Gasteiger partial charge is 0.481 e. The van der Waals surface area contributed by atoms with Crippen LogP contribution in [-0.2, 0) is 11.3 Å². The molecule has 2 aromatic rings. The van der Waals surface area contributed by atoms with E-state index in [1.54, 1.807) is 13.3 Å². The highest BCUT2D eigenvalue weighted by Gasteiger charge is 2.19. The molecule has 1 aliphatic rings. The number of rotatable bonds is 4. The van der Waals surface area contributed by atoms with Gasteiger partial charge in [-0.2, -0.15) is 0 Å². The second-order valence-corrected chi connectivity index (χ2v) is 4.72. The van der Waals surface area contributed by atoms with Crippen LogP contribution in [0.5, 0.6) is 5.88 Å². The molecular formula is C14H18N4O2. The number of pyridine rings is 1. The minimum atomic E-state index is 0.0648. The molecule has 1 aliphatic heterocycles. The van der Waals surface area contributed by atoms with E-state index in [1.165, 1.54) is 0 Å². The number of aromatic nitrogens is 3. The van der Waals surface area contributed by atoms with Crippen LogP contribution in [0.2, 0.25) is 0 Å². The predicted octanol–water partition coefficient (Wildman–Crippen LogP) is 0.996. The first kappa shape index (κ1) is 13.1. The Bertz CT molecular complexity index is 564. The molecule has 0 amide bonds. The van der Waals surface area contributed by atoms with Crippen molar-refractivity contribution in [1.82, 2.24) is 19.9 Å². The van der Waals surface area contributed by atoms with Crippen molar-refractivity contribution in [1.29, 1.82) is 0 Å². The van der Waals surface area contributed by atoms with Crippen molar-refractivity contribution < 1.29 is 9.47 Å². The minimum absolute atomic E-state index is 0.0648. The van der Waals surface area contributed by atoms with Crippen LogP contribution in [0, 0.1) is 0 Å². The molecule has 0 bridgehead atoms. The number of morpholine rings is 1. The summed E-state index contributed by atoms with van der Waals surface area (Å²) in [6.07, 6.45) is 5.52. The zero-order chi connectivity index (χ0) is 13.8. The molecule has 6 heteroatoms. The van der Waals surface area contributed by atoms with Gasteiger partial charge in [-0.25, -0.2) is 9.97 Å². The highest BCUT2D eigenvalue weighted by atomic mass is 16.5. The van der Waals surface area contributed by atoms with Gasteiger partial charge in [0, 0.05) is 31.9 Å². The van der Waals surface area contributed by atoms with Gasteiger partial charge >= 0.3 is 0 Å². The van der Waals surface area contributed by atoms with Crippen molar-refractivity contribution >= 4 is 0 Å². The first-order chi connectivity index (χ1) is 9.86. The third kappa shape index (κ3) is 2.81. The van der Waals surface area contributed by atoms with Gasteiger partial charge in [0.25, 0.3) is 0 Å². The molecular weight excluding hydrogens is 256 g/mol. The van der Waals surface area contributed by atoms with Gasteiger partial charge in [-0.3, -0.25) is 0 Å². The van der Waals surface area contributed by atoms with Gasteiger partial charge in [-0.15, -0.1) is 0 Å². The lowest BCUT2D eigenvalue weighted by Crippen LogP contribution is -2.34. The molecule has 0 spiro atoms. The Morgan fingerprint density at radius 2 is 2.50 bits per heavy atom. The maximum absolute atomic E-state index is 5.79. The van der Waals surface area contributed by atoms with Gasteiger partial charge in [0.15, 0.2) is 0 Å². The summed E-state index contributed by atoms with van der Waals surface area (Å²) in [6.45, 7) is 3.20. The number of nitrogens with one attached hydrogen (secondary N) is 1. The summed E-state index contributed by atoms with van der Waals surface area (Å²) < 4.78 is 13.0. The Hall–Kier alpha value is -1.92. The molecule has 1 atom stereocenters. The number of nitrogens with zero attached hydrogens (tertiary/aromatic N) is 3. The first-order valence-corrected chi connectivity index (χ1v) is 6.68. The summed E-state index contributed by atoms with van der Waals surface area (Å²) in [7, 11) is 1.62. The van der Waals surface area contributed by atoms with E-state index in [2.05, 4.69) is 19.9 Å². The van der Waals surface area contributed by atoms with E-state index >= 15 is 0 Å². The van der Waals surface area contributed by atoms with E-state index in [4.69, 9.17) is 9.47 Å². The lowest BCUT2D eigenvalue weighted by atomic mass is 10.2. The fourth-order valence-electron chi connectivity index (χ4n) is 2.34. The maximum atomic E-state index is 5.79. The summed E-state index contributed by atoms with van der Waals surface area (Å²) in [5.74, 6) is 0.625. The van der Waals surface area contributed by atoms with Gasteiger partial charge in [0.2, 0.25) is 5.88 Å². The Morgan fingerprint density at radius 1 is 1.55 bits per heavy atom. The average Bonchev–Trinajstić information content (AvgIpc) is 2.96. The molecule has 20 heavy (non-hydrogen) atoms. The topological polar surface area (TPSA) is 61.2 Å². The van der Waals surface area contributed by atoms with Gasteiger partial charge in [-0.1, -0.05) is 0 Å². The van der Waals surface area contributed by atoms with Crippen LogP contribution in [0.1, 0.15) is 17.4 Å².